The number of aromatic nitrogens is 3. The Kier molecular flexibility index (Phi) is 6.80. The molecule has 9 rings (SSSR count). The molecule has 1 aromatic heterocycles. The maximum atomic E-state index is 5.16. The highest BCUT2D eigenvalue weighted by Gasteiger charge is 2.16. The van der Waals surface area contributed by atoms with Gasteiger partial charge in [-0.05, 0) is 49.2 Å². The second-order valence-corrected chi connectivity index (χ2v) is 12.0. The summed E-state index contributed by atoms with van der Waals surface area (Å²) in [5.74, 6) is 1.94. The van der Waals surface area contributed by atoms with E-state index in [4.69, 9.17) is 15.0 Å². The topological polar surface area (TPSA) is 38.7 Å². The minimum absolute atomic E-state index is 0.643. The van der Waals surface area contributed by atoms with Crippen molar-refractivity contribution in [2.24, 2.45) is 0 Å². The molecule has 0 saturated heterocycles. The van der Waals surface area contributed by atoms with Gasteiger partial charge < -0.3 is 0 Å². The van der Waals surface area contributed by atoms with E-state index >= 15 is 0 Å². The van der Waals surface area contributed by atoms with Crippen molar-refractivity contribution in [2.75, 3.05) is 0 Å². The molecular formula is C45H29N3. The van der Waals surface area contributed by atoms with Crippen LogP contribution in [0.25, 0.3) is 88.7 Å². The number of fused-ring (bicyclic) bond motifs is 5. The van der Waals surface area contributed by atoms with E-state index in [0.29, 0.717) is 17.5 Å². The van der Waals surface area contributed by atoms with Gasteiger partial charge in [0.1, 0.15) is 0 Å². The minimum atomic E-state index is 0.643. The van der Waals surface area contributed by atoms with Crippen molar-refractivity contribution in [3.63, 3.8) is 0 Å². The Bertz CT molecular complexity index is 2470. The van der Waals surface area contributed by atoms with Gasteiger partial charge in [0.25, 0.3) is 0 Å². The van der Waals surface area contributed by atoms with Crippen LogP contribution < -0.4 is 0 Å². The first-order valence-electron chi connectivity index (χ1n) is 16.2. The molecule has 48 heavy (non-hydrogen) atoms. The normalized spacial score (nSPS) is 11.3. The van der Waals surface area contributed by atoms with E-state index in [1.165, 1.54) is 32.7 Å². The first kappa shape index (κ1) is 27.8. The Morgan fingerprint density at radius 2 is 0.708 bits per heavy atom. The lowest BCUT2D eigenvalue weighted by Crippen LogP contribution is -2.01. The Hall–Kier alpha value is -6.45. The van der Waals surface area contributed by atoms with E-state index < -0.39 is 0 Å². The molecule has 0 bridgehead atoms. The standard InChI is InChI=1S/C45H29N3/c1-3-10-30(11-4-1)32-18-22-36(23-19-32)43-46-44(37-24-20-33(21-25-37)31-12-5-2-6-13-31)48-45(47-43)41-17-9-15-35-27-28-39-38-16-8-7-14-34(38)26-29-40(39)42(35)41/h1-29H. The summed E-state index contributed by atoms with van der Waals surface area (Å²) in [5.41, 5.74) is 7.52. The predicted molar refractivity (Wildman–Crippen MR) is 200 cm³/mol. The molecule has 0 N–H and O–H groups in total. The van der Waals surface area contributed by atoms with Gasteiger partial charge in [0.2, 0.25) is 0 Å². The largest absolute Gasteiger partial charge is 0.208 e. The fraction of sp³-hybridized carbons (Fsp3) is 0. The van der Waals surface area contributed by atoms with Gasteiger partial charge in [0.05, 0.1) is 0 Å². The fourth-order valence-electron chi connectivity index (χ4n) is 6.70. The Morgan fingerprint density at radius 1 is 0.250 bits per heavy atom. The second-order valence-electron chi connectivity index (χ2n) is 12.0. The van der Waals surface area contributed by atoms with Crippen LogP contribution in [0.15, 0.2) is 176 Å². The Morgan fingerprint density at radius 3 is 1.33 bits per heavy atom. The van der Waals surface area contributed by atoms with Crippen LogP contribution in [0.2, 0.25) is 0 Å². The summed E-state index contributed by atoms with van der Waals surface area (Å²) < 4.78 is 0. The van der Waals surface area contributed by atoms with E-state index in [9.17, 15) is 0 Å². The highest BCUT2D eigenvalue weighted by molar-refractivity contribution is 6.20. The molecule has 1 heterocycles. The molecule has 0 saturated carbocycles. The summed E-state index contributed by atoms with van der Waals surface area (Å²) >= 11 is 0. The molecule has 0 amide bonds. The molecule has 0 spiro atoms. The summed E-state index contributed by atoms with van der Waals surface area (Å²) in [6, 6.07) is 61.7. The third-order valence-electron chi connectivity index (χ3n) is 9.14. The zero-order valence-electron chi connectivity index (χ0n) is 26.1. The van der Waals surface area contributed by atoms with E-state index in [1.807, 2.05) is 12.1 Å². The molecule has 0 fully saturated rings. The molecular weight excluding hydrogens is 583 g/mol. The molecule has 0 radical (unpaired) electrons. The first-order valence-corrected chi connectivity index (χ1v) is 16.2. The van der Waals surface area contributed by atoms with Crippen LogP contribution in [0.1, 0.15) is 0 Å². The van der Waals surface area contributed by atoms with Gasteiger partial charge in [-0.25, -0.2) is 15.0 Å². The van der Waals surface area contributed by atoms with Crippen LogP contribution in [0.3, 0.4) is 0 Å². The van der Waals surface area contributed by atoms with Gasteiger partial charge in [0.15, 0.2) is 17.5 Å². The minimum Gasteiger partial charge on any atom is -0.208 e. The van der Waals surface area contributed by atoms with E-state index in [0.717, 1.165) is 38.6 Å². The molecule has 3 heteroatoms. The van der Waals surface area contributed by atoms with Crippen LogP contribution in [0, 0.1) is 0 Å². The highest BCUT2D eigenvalue weighted by atomic mass is 15.0. The van der Waals surface area contributed by atoms with Gasteiger partial charge in [-0.3, -0.25) is 0 Å². The van der Waals surface area contributed by atoms with Crippen LogP contribution in [0.5, 0.6) is 0 Å². The lowest BCUT2D eigenvalue weighted by molar-refractivity contribution is 1.08. The van der Waals surface area contributed by atoms with E-state index in [2.05, 4.69) is 164 Å². The van der Waals surface area contributed by atoms with Gasteiger partial charge in [0, 0.05) is 22.1 Å². The van der Waals surface area contributed by atoms with Crippen LogP contribution in [-0.4, -0.2) is 15.0 Å². The average Bonchev–Trinajstić information content (AvgIpc) is 3.18. The van der Waals surface area contributed by atoms with Gasteiger partial charge in [-0.15, -0.1) is 0 Å². The monoisotopic (exact) mass is 611 g/mol. The highest BCUT2D eigenvalue weighted by Crippen LogP contribution is 2.37. The quantitative estimate of drug-likeness (QED) is 0.182. The zero-order chi connectivity index (χ0) is 31.9. The number of benzene rings is 8. The molecule has 224 valence electrons. The second kappa shape index (κ2) is 11.7. The van der Waals surface area contributed by atoms with Crippen LogP contribution >= 0.6 is 0 Å². The van der Waals surface area contributed by atoms with Crippen LogP contribution in [0.4, 0.5) is 0 Å². The van der Waals surface area contributed by atoms with Gasteiger partial charge in [-0.1, -0.05) is 176 Å². The summed E-state index contributed by atoms with van der Waals surface area (Å²) in [6.45, 7) is 0. The predicted octanol–water partition coefficient (Wildman–Crippen LogP) is 11.7. The number of nitrogens with zero attached hydrogens (tertiary/aromatic N) is 3. The molecule has 0 unspecified atom stereocenters. The average molecular weight is 612 g/mol. The van der Waals surface area contributed by atoms with Crippen LogP contribution in [-0.2, 0) is 0 Å². The van der Waals surface area contributed by atoms with Crippen molar-refractivity contribution in [1.29, 1.82) is 0 Å². The first-order chi connectivity index (χ1) is 23.8. The Labute approximate surface area is 278 Å². The summed E-state index contributed by atoms with van der Waals surface area (Å²) in [7, 11) is 0. The summed E-state index contributed by atoms with van der Waals surface area (Å²) in [6.07, 6.45) is 0. The number of hydrogen-bond acceptors (Lipinski definition) is 3. The zero-order valence-corrected chi connectivity index (χ0v) is 26.1. The third-order valence-corrected chi connectivity index (χ3v) is 9.14. The van der Waals surface area contributed by atoms with Crippen molar-refractivity contribution < 1.29 is 0 Å². The van der Waals surface area contributed by atoms with E-state index in [1.54, 1.807) is 0 Å². The maximum Gasteiger partial charge on any atom is 0.164 e. The number of rotatable bonds is 5. The molecule has 3 nitrogen and oxygen atoms in total. The smallest absolute Gasteiger partial charge is 0.164 e. The molecule has 0 aliphatic carbocycles. The molecule has 9 aromatic rings. The van der Waals surface area contributed by atoms with E-state index in [-0.39, 0.29) is 0 Å². The maximum absolute atomic E-state index is 5.16. The molecule has 0 atom stereocenters. The summed E-state index contributed by atoms with van der Waals surface area (Å²) in [4.78, 5) is 15.4. The van der Waals surface area contributed by atoms with Crippen molar-refractivity contribution in [1.82, 2.24) is 15.0 Å². The lowest BCUT2D eigenvalue weighted by Gasteiger charge is -2.13. The third kappa shape index (κ3) is 4.99. The van der Waals surface area contributed by atoms with Crippen molar-refractivity contribution in [2.45, 2.75) is 0 Å². The van der Waals surface area contributed by atoms with Crippen molar-refractivity contribution in [3.8, 4) is 56.4 Å². The lowest BCUT2D eigenvalue weighted by atomic mass is 9.94. The summed E-state index contributed by atoms with van der Waals surface area (Å²) in [5, 5.41) is 7.16. The number of hydrogen-bond donors (Lipinski definition) is 0. The van der Waals surface area contributed by atoms with Crippen molar-refractivity contribution >= 4 is 32.3 Å². The van der Waals surface area contributed by atoms with Gasteiger partial charge >= 0.3 is 0 Å². The van der Waals surface area contributed by atoms with Gasteiger partial charge in [-0.2, -0.15) is 0 Å². The van der Waals surface area contributed by atoms with Crippen molar-refractivity contribution in [3.05, 3.63) is 176 Å². The Balaban J connectivity index is 1.24. The molecule has 0 aliphatic rings. The molecule has 0 aliphatic heterocycles. The fourth-order valence-corrected chi connectivity index (χ4v) is 6.70. The SMILES string of the molecule is c1ccc(-c2ccc(-c3nc(-c4ccc(-c5ccccc5)cc4)nc(-c4cccc5ccc6c7ccccc7ccc6c45)n3)cc2)cc1. The molecule has 8 aromatic carbocycles.